The summed E-state index contributed by atoms with van der Waals surface area (Å²) in [4.78, 5) is 17.7. The smallest absolute Gasteiger partial charge is 0.412 e. The van der Waals surface area contributed by atoms with Crippen LogP contribution in [0, 0.1) is 0 Å². The van der Waals surface area contributed by atoms with Crippen LogP contribution in [0.5, 0.6) is 0 Å². The number of alkyl carbamates (subject to hydrolysis) is 1. The lowest BCUT2D eigenvalue weighted by Gasteiger charge is -2.39. The van der Waals surface area contributed by atoms with E-state index in [0.29, 0.717) is 18.8 Å². The molecule has 7 nitrogen and oxygen atoms in total. The molecule has 3 heterocycles. The minimum Gasteiger partial charge on any atom is -0.416 e. The van der Waals surface area contributed by atoms with E-state index in [1.54, 1.807) is 17.6 Å². The maximum absolute atomic E-state index is 11.4. The number of halogens is 1. The molecule has 1 amide bonds. The number of fused-ring (bicyclic) bond motifs is 1. The minimum absolute atomic E-state index is 0.0561. The van der Waals surface area contributed by atoms with Gasteiger partial charge in [0.2, 0.25) is 0 Å². The average molecular weight is 352 g/mol. The molecule has 21 heavy (non-hydrogen) atoms. The van der Waals surface area contributed by atoms with Crippen LogP contribution < -0.4 is 10.2 Å². The highest BCUT2D eigenvalue weighted by Gasteiger charge is 2.29. The number of hydrogen-bond donors (Lipinski definition) is 1. The van der Waals surface area contributed by atoms with Crippen molar-refractivity contribution in [2.24, 2.45) is 0 Å². The molecule has 0 saturated carbocycles. The average Bonchev–Trinajstić information content (AvgIpc) is 2.74. The third-order valence-corrected chi connectivity index (χ3v) is 3.64. The van der Waals surface area contributed by atoms with Crippen LogP contribution in [-0.2, 0) is 4.74 Å². The van der Waals surface area contributed by atoms with Gasteiger partial charge in [0.1, 0.15) is 10.4 Å². The van der Waals surface area contributed by atoms with Crippen LogP contribution in [-0.4, -0.2) is 39.8 Å². The number of carbonyl (C=O) groups is 1. The normalized spacial score (nSPS) is 14.9. The summed E-state index contributed by atoms with van der Waals surface area (Å²) in [5.41, 5.74) is 0.783. The number of amides is 1. The van der Waals surface area contributed by atoms with Gasteiger partial charge in [-0.3, -0.25) is 0 Å². The summed E-state index contributed by atoms with van der Waals surface area (Å²) in [5.74, 6) is 1.22. The Hall–Kier alpha value is -2.09. The van der Waals surface area contributed by atoms with E-state index in [1.807, 2.05) is 12.1 Å². The molecule has 1 fully saturated rings. The summed E-state index contributed by atoms with van der Waals surface area (Å²) in [6.07, 6.45) is 1.24. The second-order valence-electron chi connectivity index (χ2n) is 4.88. The number of ether oxygens (including phenoxy) is 1. The lowest BCUT2D eigenvalue weighted by molar-refractivity contribution is 0.169. The lowest BCUT2D eigenvalue weighted by Crippen LogP contribution is -2.59. The van der Waals surface area contributed by atoms with Crippen LogP contribution in [0.2, 0.25) is 0 Å². The fraction of sp³-hybridized carbons (Fsp3) is 0.308. The number of anilines is 1. The van der Waals surface area contributed by atoms with Crippen molar-refractivity contribution in [3.05, 3.63) is 35.3 Å². The number of aromatic nitrogens is 3. The molecule has 1 aliphatic rings. The summed E-state index contributed by atoms with van der Waals surface area (Å²) < 4.78 is 7.40. The second-order valence-corrected chi connectivity index (χ2v) is 5.69. The standard InChI is InChI=1S/C13H14BrN5O2/c1-8(2)21-13(20)16-9-6-18(7-9)12-4-3-11-15-5-10(14)19(11)17-12/h3-5,9H,1,6-7H2,2H3,(H,16,20). The quantitative estimate of drug-likeness (QED) is 0.855. The van der Waals surface area contributed by atoms with Crippen LogP contribution in [0.3, 0.4) is 0 Å². The zero-order valence-electron chi connectivity index (χ0n) is 11.4. The molecule has 0 unspecified atom stereocenters. The van der Waals surface area contributed by atoms with E-state index in [-0.39, 0.29) is 6.04 Å². The van der Waals surface area contributed by atoms with Gasteiger partial charge in [-0.2, -0.15) is 0 Å². The highest BCUT2D eigenvalue weighted by molar-refractivity contribution is 9.10. The number of allylic oxidation sites excluding steroid dienone is 1. The summed E-state index contributed by atoms with van der Waals surface area (Å²) in [7, 11) is 0. The lowest BCUT2D eigenvalue weighted by atomic mass is 10.1. The molecule has 0 aromatic carbocycles. The Morgan fingerprint density at radius 3 is 3.00 bits per heavy atom. The fourth-order valence-electron chi connectivity index (χ4n) is 2.12. The van der Waals surface area contributed by atoms with E-state index in [1.165, 1.54) is 0 Å². The molecule has 1 saturated heterocycles. The monoisotopic (exact) mass is 351 g/mol. The summed E-state index contributed by atoms with van der Waals surface area (Å²) in [5, 5.41) is 7.27. The van der Waals surface area contributed by atoms with Crippen molar-refractivity contribution in [3.8, 4) is 0 Å². The molecule has 1 N–H and O–H groups in total. The van der Waals surface area contributed by atoms with Gasteiger partial charge in [-0.15, -0.1) is 5.10 Å². The number of imidazole rings is 1. The molecule has 8 heteroatoms. The zero-order chi connectivity index (χ0) is 15.0. The van der Waals surface area contributed by atoms with Gasteiger partial charge in [0.25, 0.3) is 0 Å². The SMILES string of the molecule is C=C(C)OC(=O)NC1CN(c2ccc3ncc(Br)n3n2)C1. The van der Waals surface area contributed by atoms with Gasteiger partial charge >= 0.3 is 6.09 Å². The third-order valence-electron chi connectivity index (χ3n) is 3.10. The maximum atomic E-state index is 11.4. The number of nitrogens with zero attached hydrogens (tertiary/aromatic N) is 4. The minimum atomic E-state index is -0.465. The number of carbonyl (C=O) groups excluding carboxylic acids is 1. The maximum Gasteiger partial charge on any atom is 0.412 e. The molecule has 110 valence electrons. The van der Waals surface area contributed by atoms with Crippen molar-refractivity contribution in [2.75, 3.05) is 18.0 Å². The van der Waals surface area contributed by atoms with Crippen LogP contribution in [0.4, 0.5) is 10.6 Å². The molecule has 2 aromatic heterocycles. The van der Waals surface area contributed by atoms with E-state index in [4.69, 9.17) is 4.74 Å². The van der Waals surface area contributed by atoms with Crippen molar-refractivity contribution in [2.45, 2.75) is 13.0 Å². The van der Waals surface area contributed by atoms with Crippen molar-refractivity contribution in [1.82, 2.24) is 19.9 Å². The summed E-state index contributed by atoms with van der Waals surface area (Å²) in [6, 6.07) is 3.88. The Morgan fingerprint density at radius 2 is 2.29 bits per heavy atom. The van der Waals surface area contributed by atoms with Crippen LogP contribution >= 0.6 is 15.9 Å². The van der Waals surface area contributed by atoms with Gasteiger partial charge in [-0.1, -0.05) is 6.58 Å². The molecular formula is C13H14BrN5O2. The van der Waals surface area contributed by atoms with E-state index in [2.05, 4.69) is 42.8 Å². The highest BCUT2D eigenvalue weighted by atomic mass is 79.9. The van der Waals surface area contributed by atoms with E-state index < -0.39 is 6.09 Å². The van der Waals surface area contributed by atoms with Crippen LogP contribution in [0.15, 0.2) is 35.3 Å². The first-order chi connectivity index (χ1) is 10.0. The largest absolute Gasteiger partial charge is 0.416 e. The Bertz CT molecular complexity index is 708. The summed E-state index contributed by atoms with van der Waals surface area (Å²) >= 11 is 3.40. The van der Waals surface area contributed by atoms with E-state index in [9.17, 15) is 4.79 Å². The Morgan fingerprint density at radius 1 is 1.52 bits per heavy atom. The van der Waals surface area contributed by atoms with Gasteiger partial charge in [0.05, 0.1) is 18.0 Å². The van der Waals surface area contributed by atoms with Crippen molar-refractivity contribution in [1.29, 1.82) is 0 Å². The fourth-order valence-corrected chi connectivity index (χ4v) is 2.48. The van der Waals surface area contributed by atoms with Gasteiger partial charge in [-0.25, -0.2) is 14.3 Å². The topological polar surface area (TPSA) is 71.8 Å². The van der Waals surface area contributed by atoms with Crippen LogP contribution in [0.1, 0.15) is 6.92 Å². The predicted molar refractivity (Wildman–Crippen MR) is 81.1 cm³/mol. The zero-order valence-corrected chi connectivity index (χ0v) is 13.0. The van der Waals surface area contributed by atoms with Crippen molar-refractivity contribution in [3.63, 3.8) is 0 Å². The van der Waals surface area contributed by atoms with Gasteiger partial charge in [0, 0.05) is 13.1 Å². The number of nitrogens with one attached hydrogen (secondary N) is 1. The number of rotatable bonds is 3. The first-order valence-corrected chi connectivity index (χ1v) is 7.21. The first-order valence-electron chi connectivity index (χ1n) is 6.42. The molecule has 0 spiro atoms. The molecule has 0 atom stereocenters. The van der Waals surface area contributed by atoms with Gasteiger partial charge in [-0.05, 0) is 35.0 Å². The molecule has 0 radical (unpaired) electrons. The summed E-state index contributed by atoms with van der Waals surface area (Å²) in [6.45, 7) is 6.54. The van der Waals surface area contributed by atoms with E-state index in [0.717, 1.165) is 16.1 Å². The molecule has 0 aliphatic carbocycles. The number of hydrogen-bond acceptors (Lipinski definition) is 5. The Kier molecular flexibility index (Phi) is 3.54. The molecular weight excluding hydrogens is 338 g/mol. The second kappa shape index (κ2) is 5.36. The van der Waals surface area contributed by atoms with Crippen molar-refractivity contribution >= 4 is 33.5 Å². The molecule has 3 rings (SSSR count). The Labute approximate surface area is 129 Å². The highest BCUT2D eigenvalue weighted by Crippen LogP contribution is 2.20. The molecule has 1 aliphatic heterocycles. The Balaban J connectivity index is 1.61. The molecule has 0 bridgehead atoms. The van der Waals surface area contributed by atoms with Crippen molar-refractivity contribution < 1.29 is 9.53 Å². The van der Waals surface area contributed by atoms with Gasteiger partial charge < -0.3 is 15.0 Å². The van der Waals surface area contributed by atoms with E-state index >= 15 is 0 Å². The molecule has 2 aromatic rings. The third kappa shape index (κ3) is 2.85. The first kappa shape index (κ1) is 13.9. The van der Waals surface area contributed by atoms with Gasteiger partial charge in [0.15, 0.2) is 5.65 Å². The predicted octanol–water partition coefficient (Wildman–Crippen LogP) is 1.94. The van der Waals surface area contributed by atoms with Crippen LogP contribution in [0.25, 0.3) is 5.65 Å².